The summed E-state index contributed by atoms with van der Waals surface area (Å²) in [5, 5.41) is 3.30. The van der Waals surface area contributed by atoms with Crippen molar-refractivity contribution in [3.63, 3.8) is 0 Å². The first kappa shape index (κ1) is 13.4. The van der Waals surface area contributed by atoms with Gasteiger partial charge in [-0.25, -0.2) is 0 Å². The van der Waals surface area contributed by atoms with E-state index in [-0.39, 0.29) is 11.9 Å². The Balaban J connectivity index is 1.61. The van der Waals surface area contributed by atoms with E-state index >= 15 is 0 Å². The summed E-state index contributed by atoms with van der Waals surface area (Å²) >= 11 is 0. The minimum atomic E-state index is 0.118. The van der Waals surface area contributed by atoms with Gasteiger partial charge in [0.05, 0.1) is 6.61 Å². The average molecular weight is 274 g/mol. The van der Waals surface area contributed by atoms with E-state index in [2.05, 4.69) is 12.2 Å². The van der Waals surface area contributed by atoms with E-state index < -0.39 is 0 Å². The van der Waals surface area contributed by atoms with Crippen LogP contribution in [0.3, 0.4) is 0 Å². The molecule has 2 fully saturated rings. The summed E-state index contributed by atoms with van der Waals surface area (Å²) in [5.74, 6) is 1.73. The first-order valence-corrected chi connectivity index (χ1v) is 7.48. The maximum Gasteiger partial charge on any atom is 0.254 e. The summed E-state index contributed by atoms with van der Waals surface area (Å²) in [6, 6.07) is 7.81. The Morgan fingerprint density at radius 1 is 1.35 bits per heavy atom. The maximum absolute atomic E-state index is 12.5. The normalized spacial score (nSPS) is 22.6. The van der Waals surface area contributed by atoms with Crippen LogP contribution in [0.5, 0.6) is 5.75 Å². The quantitative estimate of drug-likeness (QED) is 0.912. The average Bonchev–Trinajstić information content (AvgIpc) is 3.30. The number of nitrogens with one attached hydrogen (secondary N) is 1. The molecule has 1 saturated heterocycles. The number of hydrogen-bond acceptors (Lipinski definition) is 3. The molecule has 1 aromatic rings. The van der Waals surface area contributed by atoms with E-state index in [9.17, 15) is 4.79 Å². The molecule has 1 amide bonds. The number of nitrogens with zero attached hydrogens (tertiary/aromatic N) is 1. The second-order valence-electron chi connectivity index (χ2n) is 5.83. The highest BCUT2D eigenvalue weighted by atomic mass is 16.5. The van der Waals surface area contributed by atoms with Gasteiger partial charge in [0.2, 0.25) is 0 Å². The number of hydrogen-bond donors (Lipinski definition) is 1. The fourth-order valence-electron chi connectivity index (χ4n) is 2.50. The van der Waals surface area contributed by atoms with Crippen molar-refractivity contribution in [2.24, 2.45) is 5.92 Å². The zero-order valence-corrected chi connectivity index (χ0v) is 12.0. The summed E-state index contributed by atoms with van der Waals surface area (Å²) < 4.78 is 5.70. The minimum Gasteiger partial charge on any atom is -0.493 e. The number of carbonyl (C=O) groups is 1. The third kappa shape index (κ3) is 3.12. The maximum atomic E-state index is 12.5. The summed E-state index contributed by atoms with van der Waals surface area (Å²) in [7, 11) is 0. The predicted octanol–water partition coefficient (Wildman–Crippen LogP) is 1.91. The first-order chi connectivity index (χ1) is 9.74. The molecule has 1 saturated carbocycles. The number of benzene rings is 1. The topological polar surface area (TPSA) is 41.6 Å². The van der Waals surface area contributed by atoms with Crippen LogP contribution in [0.1, 0.15) is 30.1 Å². The van der Waals surface area contributed by atoms with Crippen molar-refractivity contribution < 1.29 is 9.53 Å². The summed E-state index contributed by atoms with van der Waals surface area (Å²) in [6.07, 6.45) is 2.58. The highest BCUT2D eigenvalue weighted by Crippen LogP contribution is 2.29. The molecule has 4 heteroatoms. The number of ether oxygens (including phenoxy) is 1. The second kappa shape index (κ2) is 5.83. The molecule has 1 aliphatic carbocycles. The van der Waals surface area contributed by atoms with Gasteiger partial charge in [0.25, 0.3) is 5.91 Å². The van der Waals surface area contributed by atoms with Crippen molar-refractivity contribution in [1.82, 2.24) is 10.2 Å². The summed E-state index contributed by atoms with van der Waals surface area (Å²) in [6.45, 7) is 5.41. The van der Waals surface area contributed by atoms with Crippen molar-refractivity contribution in [3.05, 3.63) is 29.8 Å². The standard InChI is InChI=1S/C16H22N2O2/c1-12-10-17-8-9-18(12)16(19)14-4-6-15(7-5-14)20-11-13-2-3-13/h4-7,12-13,17H,2-3,8-11H2,1H3. The molecule has 4 nitrogen and oxygen atoms in total. The Morgan fingerprint density at radius 2 is 2.10 bits per heavy atom. The van der Waals surface area contributed by atoms with E-state index in [1.54, 1.807) is 0 Å². The van der Waals surface area contributed by atoms with Crippen LogP contribution in [-0.2, 0) is 0 Å². The highest BCUT2D eigenvalue weighted by molar-refractivity contribution is 5.94. The molecule has 0 bridgehead atoms. The molecule has 3 rings (SSSR count). The Labute approximate surface area is 120 Å². The number of carbonyl (C=O) groups excluding carboxylic acids is 1. The minimum absolute atomic E-state index is 0.118. The van der Waals surface area contributed by atoms with Gasteiger partial charge in [-0.1, -0.05) is 0 Å². The van der Waals surface area contributed by atoms with Gasteiger partial charge in [-0.15, -0.1) is 0 Å². The van der Waals surface area contributed by atoms with Gasteiger partial charge in [0, 0.05) is 31.2 Å². The van der Waals surface area contributed by atoms with Crippen molar-refractivity contribution in [3.8, 4) is 5.75 Å². The molecule has 0 aromatic heterocycles. The molecular weight excluding hydrogens is 252 g/mol. The molecule has 1 unspecified atom stereocenters. The van der Waals surface area contributed by atoms with E-state index in [0.29, 0.717) is 0 Å². The lowest BCUT2D eigenvalue weighted by molar-refractivity contribution is 0.0655. The number of amides is 1. The molecule has 20 heavy (non-hydrogen) atoms. The summed E-state index contributed by atoms with van der Waals surface area (Å²) in [5.41, 5.74) is 0.748. The van der Waals surface area contributed by atoms with Crippen LogP contribution in [0, 0.1) is 5.92 Å². The molecule has 1 aliphatic heterocycles. The Morgan fingerprint density at radius 3 is 2.75 bits per heavy atom. The fraction of sp³-hybridized carbons (Fsp3) is 0.562. The lowest BCUT2D eigenvalue weighted by Gasteiger charge is -2.34. The van der Waals surface area contributed by atoms with Gasteiger partial charge in [-0.3, -0.25) is 4.79 Å². The molecule has 0 spiro atoms. The number of piperazine rings is 1. The largest absolute Gasteiger partial charge is 0.493 e. The highest BCUT2D eigenvalue weighted by Gasteiger charge is 2.24. The second-order valence-corrected chi connectivity index (χ2v) is 5.83. The third-order valence-electron chi connectivity index (χ3n) is 4.05. The van der Waals surface area contributed by atoms with Crippen LogP contribution in [0.15, 0.2) is 24.3 Å². The molecule has 2 aliphatic rings. The van der Waals surface area contributed by atoms with E-state index in [0.717, 1.165) is 43.5 Å². The number of rotatable bonds is 4. The SMILES string of the molecule is CC1CNCCN1C(=O)c1ccc(OCC2CC2)cc1. The van der Waals surface area contributed by atoms with E-state index in [1.165, 1.54) is 12.8 Å². The smallest absolute Gasteiger partial charge is 0.254 e. The van der Waals surface area contributed by atoms with E-state index in [1.807, 2.05) is 29.2 Å². The van der Waals surface area contributed by atoms with Gasteiger partial charge in [0.1, 0.15) is 5.75 Å². The monoisotopic (exact) mass is 274 g/mol. The Hall–Kier alpha value is -1.55. The van der Waals surface area contributed by atoms with Crippen molar-refractivity contribution in [2.45, 2.75) is 25.8 Å². The Bertz CT molecular complexity index is 468. The van der Waals surface area contributed by atoms with Gasteiger partial charge >= 0.3 is 0 Å². The van der Waals surface area contributed by atoms with Gasteiger partial charge in [0.15, 0.2) is 0 Å². The fourth-order valence-corrected chi connectivity index (χ4v) is 2.50. The Kier molecular flexibility index (Phi) is 3.92. The predicted molar refractivity (Wildman–Crippen MR) is 78.0 cm³/mol. The third-order valence-corrected chi connectivity index (χ3v) is 4.05. The van der Waals surface area contributed by atoms with Crippen LogP contribution in [0.2, 0.25) is 0 Å². The zero-order chi connectivity index (χ0) is 13.9. The van der Waals surface area contributed by atoms with E-state index in [4.69, 9.17) is 4.74 Å². The summed E-state index contributed by atoms with van der Waals surface area (Å²) in [4.78, 5) is 14.4. The molecule has 0 radical (unpaired) electrons. The first-order valence-electron chi connectivity index (χ1n) is 7.48. The van der Waals surface area contributed by atoms with Crippen LogP contribution >= 0.6 is 0 Å². The van der Waals surface area contributed by atoms with Gasteiger partial charge in [-0.2, -0.15) is 0 Å². The van der Waals surface area contributed by atoms with Gasteiger partial charge in [-0.05, 0) is 49.9 Å². The van der Waals surface area contributed by atoms with Crippen molar-refractivity contribution >= 4 is 5.91 Å². The van der Waals surface area contributed by atoms with Crippen LogP contribution in [-0.4, -0.2) is 43.1 Å². The molecule has 1 heterocycles. The molecule has 108 valence electrons. The van der Waals surface area contributed by atoms with Crippen molar-refractivity contribution in [1.29, 1.82) is 0 Å². The van der Waals surface area contributed by atoms with Crippen molar-refractivity contribution in [2.75, 3.05) is 26.2 Å². The molecular formula is C16H22N2O2. The molecule has 1 atom stereocenters. The van der Waals surface area contributed by atoms with Crippen LogP contribution < -0.4 is 10.1 Å². The van der Waals surface area contributed by atoms with Crippen LogP contribution in [0.4, 0.5) is 0 Å². The lowest BCUT2D eigenvalue weighted by Crippen LogP contribution is -2.52. The molecule has 1 N–H and O–H groups in total. The molecule has 1 aromatic carbocycles. The zero-order valence-electron chi connectivity index (χ0n) is 12.0. The van der Waals surface area contributed by atoms with Crippen LogP contribution in [0.25, 0.3) is 0 Å². The van der Waals surface area contributed by atoms with Gasteiger partial charge < -0.3 is 15.0 Å². The lowest BCUT2D eigenvalue weighted by atomic mass is 10.1.